The standard InChI is InChI=1S/C18H20ClN5O2S/c1-24-15(10-26-14-7-3-2-6-13(14)19)22-23-17(24)27-11-16(25)21-18(12-20)8-4-5-9-18/h2-3,6-7H,4-5,8-11H2,1H3,(H,21,25). The monoisotopic (exact) mass is 405 g/mol. The molecule has 1 N–H and O–H groups in total. The summed E-state index contributed by atoms with van der Waals surface area (Å²) in [6.45, 7) is 0.220. The second-order valence-corrected chi connectivity index (χ2v) is 7.76. The van der Waals surface area contributed by atoms with Gasteiger partial charge in [-0.3, -0.25) is 4.79 Å². The fourth-order valence-corrected chi connectivity index (χ4v) is 3.90. The Morgan fingerprint density at radius 3 is 2.85 bits per heavy atom. The van der Waals surface area contributed by atoms with Crippen LogP contribution in [0.3, 0.4) is 0 Å². The van der Waals surface area contributed by atoms with Crippen LogP contribution < -0.4 is 10.1 Å². The lowest BCUT2D eigenvalue weighted by Crippen LogP contribution is -2.45. The van der Waals surface area contributed by atoms with Gasteiger partial charge in [0.15, 0.2) is 11.0 Å². The molecule has 1 aliphatic rings. The van der Waals surface area contributed by atoms with E-state index in [1.54, 1.807) is 16.7 Å². The molecule has 0 spiro atoms. The molecule has 0 unspecified atom stereocenters. The number of ether oxygens (including phenoxy) is 1. The molecule has 0 aliphatic heterocycles. The largest absolute Gasteiger partial charge is 0.484 e. The highest BCUT2D eigenvalue weighted by Crippen LogP contribution is 2.29. The maximum atomic E-state index is 12.2. The summed E-state index contributed by atoms with van der Waals surface area (Å²) in [4.78, 5) is 12.2. The first-order valence-electron chi connectivity index (χ1n) is 8.64. The lowest BCUT2D eigenvalue weighted by atomic mass is 10.0. The van der Waals surface area contributed by atoms with E-state index in [0.717, 1.165) is 12.8 Å². The van der Waals surface area contributed by atoms with Gasteiger partial charge in [0.2, 0.25) is 5.91 Å². The van der Waals surface area contributed by atoms with Gasteiger partial charge in [0, 0.05) is 7.05 Å². The van der Waals surface area contributed by atoms with Crippen molar-refractivity contribution in [3.05, 3.63) is 35.1 Å². The zero-order valence-electron chi connectivity index (χ0n) is 14.9. The van der Waals surface area contributed by atoms with Gasteiger partial charge in [0.1, 0.15) is 17.9 Å². The number of hydrogen-bond donors (Lipinski definition) is 1. The Bertz CT molecular complexity index is 858. The van der Waals surface area contributed by atoms with E-state index < -0.39 is 5.54 Å². The molecule has 1 aliphatic carbocycles. The van der Waals surface area contributed by atoms with Crippen LogP contribution in [-0.4, -0.2) is 32.0 Å². The minimum atomic E-state index is -0.703. The molecule has 7 nitrogen and oxygen atoms in total. The molecule has 0 atom stereocenters. The second-order valence-electron chi connectivity index (χ2n) is 6.41. The normalized spacial score (nSPS) is 15.3. The number of nitrogens with one attached hydrogen (secondary N) is 1. The predicted molar refractivity (Wildman–Crippen MR) is 102 cm³/mol. The molecule has 9 heteroatoms. The first-order chi connectivity index (χ1) is 13.0. The van der Waals surface area contributed by atoms with Gasteiger partial charge >= 0.3 is 0 Å². The lowest BCUT2D eigenvalue weighted by molar-refractivity contribution is -0.119. The lowest BCUT2D eigenvalue weighted by Gasteiger charge is -2.21. The SMILES string of the molecule is Cn1c(COc2ccccc2Cl)nnc1SCC(=O)NC1(C#N)CCCC1. The number of para-hydroxylation sites is 1. The highest BCUT2D eigenvalue weighted by Gasteiger charge is 2.35. The Kier molecular flexibility index (Phi) is 6.24. The number of thioether (sulfide) groups is 1. The number of nitriles is 1. The number of rotatable bonds is 7. The summed E-state index contributed by atoms with van der Waals surface area (Å²) < 4.78 is 7.46. The van der Waals surface area contributed by atoms with Gasteiger partial charge in [0.25, 0.3) is 0 Å². The van der Waals surface area contributed by atoms with E-state index in [4.69, 9.17) is 16.3 Å². The van der Waals surface area contributed by atoms with Crippen LogP contribution in [0.25, 0.3) is 0 Å². The van der Waals surface area contributed by atoms with Gasteiger partial charge in [-0.2, -0.15) is 5.26 Å². The van der Waals surface area contributed by atoms with Crippen LogP contribution >= 0.6 is 23.4 Å². The van der Waals surface area contributed by atoms with E-state index in [9.17, 15) is 10.1 Å². The summed E-state index contributed by atoms with van der Waals surface area (Å²) in [6, 6.07) is 9.47. The summed E-state index contributed by atoms with van der Waals surface area (Å²) in [6.07, 6.45) is 3.37. The van der Waals surface area contributed by atoms with E-state index in [1.807, 2.05) is 19.2 Å². The van der Waals surface area contributed by atoms with Crippen molar-refractivity contribution in [2.75, 3.05) is 5.75 Å². The van der Waals surface area contributed by atoms with E-state index in [0.29, 0.717) is 34.6 Å². The van der Waals surface area contributed by atoms with Crippen LogP contribution in [0.1, 0.15) is 31.5 Å². The van der Waals surface area contributed by atoms with Crippen LogP contribution in [0, 0.1) is 11.3 Å². The number of amides is 1. The van der Waals surface area contributed by atoms with Crippen molar-refractivity contribution in [2.24, 2.45) is 7.05 Å². The average molecular weight is 406 g/mol. The molecule has 0 bridgehead atoms. The number of aromatic nitrogens is 3. The van der Waals surface area contributed by atoms with Crippen LogP contribution in [-0.2, 0) is 18.4 Å². The van der Waals surface area contributed by atoms with Crippen LogP contribution in [0.2, 0.25) is 5.02 Å². The van der Waals surface area contributed by atoms with Gasteiger partial charge in [-0.1, -0.05) is 35.5 Å². The average Bonchev–Trinajstić information content (AvgIpc) is 3.27. The number of hydrogen-bond acceptors (Lipinski definition) is 6. The maximum Gasteiger partial charge on any atom is 0.231 e. The van der Waals surface area contributed by atoms with Crippen molar-refractivity contribution < 1.29 is 9.53 Å². The van der Waals surface area contributed by atoms with Crippen LogP contribution in [0.5, 0.6) is 5.75 Å². The third-order valence-corrected chi connectivity index (χ3v) is 5.83. The van der Waals surface area contributed by atoms with Crippen molar-refractivity contribution in [1.29, 1.82) is 5.26 Å². The second kappa shape index (κ2) is 8.63. The molecule has 1 aromatic heterocycles. The van der Waals surface area contributed by atoms with Crippen molar-refractivity contribution in [3.63, 3.8) is 0 Å². The Hall–Kier alpha value is -2.24. The topological polar surface area (TPSA) is 92.8 Å². The third kappa shape index (κ3) is 4.73. The third-order valence-electron chi connectivity index (χ3n) is 4.50. The van der Waals surface area contributed by atoms with Crippen LogP contribution in [0.15, 0.2) is 29.4 Å². The van der Waals surface area contributed by atoms with Gasteiger partial charge in [-0.05, 0) is 37.8 Å². The summed E-state index contributed by atoms with van der Waals surface area (Å²) in [5.41, 5.74) is -0.703. The highest BCUT2D eigenvalue weighted by molar-refractivity contribution is 7.99. The Morgan fingerprint density at radius 1 is 1.41 bits per heavy atom. The van der Waals surface area contributed by atoms with E-state index in [2.05, 4.69) is 21.6 Å². The number of carbonyl (C=O) groups excluding carboxylic acids is 1. The van der Waals surface area contributed by atoms with E-state index in [-0.39, 0.29) is 18.3 Å². The molecule has 27 heavy (non-hydrogen) atoms. The summed E-state index contributed by atoms with van der Waals surface area (Å²) in [5, 5.41) is 21.6. The molecule has 1 aromatic carbocycles. The molecule has 0 saturated heterocycles. The van der Waals surface area contributed by atoms with Crippen LogP contribution in [0.4, 0.5) is 0 Å². The fourth-order valence-electron chi connectivity index (χ4n) is 2.98. The molecule has 1 saturated carbocycles. The molecule has 2 aromatic rings. The molecule has 142 valence electrons. The first-order valence-corrected chi connectivity index (χ1v) is 10.00. The van der Waals surface area contributed by atoms with E-state index in [1.165, 1.54) is 11.8 Å². The fraction of sp³-hybridized carbons (Fsp3) is 0.444. The minimum Gasteiger partial charge on any atom is -0.484 e. The Morgan fingerprint density at radius 2 is 2.15 bits per heavy atom. The van der Waals surface area contributed by atoms with Gasteiger partial charge in [-0.25, -0.2) is 0 Å². The van der Waals surface area contributed by atoms with E-state index >= 15 is 0 Å². The Labute approximate surface area is 167 Å². The number of nitrogens with zero attached hydrogens (tertiary/aromatic N) is 4. The van der Waals surface area contributed by atoms with Gasteiger partial charge < -0.3 is 14.6 Å². The molecule has 1 amide bonds. The zero-order valence-corrected chi connectivity index (χ0v) is 16.5. The predicted octanol–water partition coefficient (Wildman–Crippen LogP) is 3.09. The van der Waals surface area contributed by atoms with Crippen molar-refractivity contribution in [1.82, 2.24) is 20.1 Å². The van der Waals surface area contributed by atoms with Gasteiger partial charge in [-0.15, -0.1) is 10.2 Å². The highest BCUT2D eigenvalue weighted by atomic mass is 35.5. The maximum absolute atomic E-state index is 12.2. The molecule has 1 heterocycles. The van der Waals surface area contributed by atoms with Crippen molar-refractivity contribution in [3.8, 4) is 11.8 Å². The molecular weight excluding hydrogens is 386 g/mol. The Balaban J connectivity index is 1.53. The smallest absolute Gasteiger partial charge is 0.231 e. The number of halogens is 1. The molecule has 0 radical (unpaired) electrons. The summed E-state index contributed by atoms with van der Waals surface area (Å²) in [7, 11) is 1.82. The molecular formula is C18H20ClN5O2S. The quantitative estimate of drug-likeness (QED) is 0.711. The first kappa shape index (κ1) is 19.5. The number of carbonyl (C=O) groups is 1. The zero-order chi connectivity index (χ0) is 19.3. The van der Waals surface area contributed by atoms with Gasteiger partial charge in [0.05, 0.1) is 16.8 Å². The van der Waals surface area contributed by atoms with Crippen molar-refractivity contribution >= 4 is 29.3 Å². The number of benzene rings is 1. The summed E-state index contributed by atoms with van der Waals surface area (Å²) in [5.74, 6) is 1.22. The molecule has 1 fully saturated rings. The van der Waals surface area contributed by atoms with Crippen molar-refractivity contribution in [2.45, 2.75) is 43.0 Å². The molecule has 3 rings (SSSR count). The minimum absolute atomic E-state index is 0.166. The summed E-state index contributed by atoms with van der Waals surface area (Å²) >= 11 is 7.35.